The molecule has 0 saturated carbocycles. The molecule has 80 valence electrons. The summed E-state index contributed by atoms with van der Waals surface area (Å²) in [6.07, 6.45) is -4.46. The number of alkyl halides is 5. The van der Waals surface area contributed by atoms with Crippen LogP contribution in [0.4, 0.5) is 22.0 Å². The van der Waals surface area contributed by atoms with E-state index in [1.165, 1.54) is 0 Å². The Morgan fingerprint density at radius 1 is 1.08 bits per heavy atom. The maximum atomic E-state index is 12.4. The second-order valence-corrected chi connectivity index (χ2v) is 2.85. The predicted molar refractivity (Wildman–Crippen MR) is 37.6 cm³/mol. The number of hydrogen-bond acceptors (Lipinski definition) is 2. The van der Waals surface area contributed by atoms with Gasteiger partial charge in [0.05, 0.1) is 19.6 Å². The number of halogens is 5. The molecule has 0 saturated heterocycles. The van der Waals surface area contributed by atoms with E-state index < -0.39 is 31.7 Å². The van der Waals surface area contributed by atoms with E-state index in [1.807, 2.05) is 0 Å². The summed E-state index contributed by atoms with van der Waals surface area (Å²) in [5.41, 5.74) is 4.66. The van der Waals surface area contributed by atoms with Crippen LogP contribution in [-0.4, -0.2) is 43.7 Å². The minimum Gasteiger partial charge on any atom is -0.325 e. The molecule has 0 amide bonds. The standard InChI is InChI=1S/C6H11F5N2/c1-13(4-6(9,10)11)3-5(7,8)2-12/h2-4,12H2,1H3. The number of nitrogens with two attached hydrogens (primary N) is 1. The van der Waals surface area contributed by atoms with Crippen LogP contribution in [0.3, 0.4) is 0 Å². The first-order valence-electron chi connectivity index (χ1n) is 3.49. The summed E-state index contributed by atoms with van der Waals surface area (Å²) in [7, 11) is 0.969. The van der Waals surface area contributed by atoms with Crippen molar-refractivity contribution >= 4 is 0 Å². The highest BCUT2D eigenvalue weighted by atomic mass is 19.4. The van der Waals surface area contributed by atoms with Gasteiger partial charge in [-0.1, -0.05) is 0 Å². The second-order valence-electron chi connectivity index (χ2n) is 2.85. The summed E-state index contributed by atoms with van der Waals surface area (Å²) in [6.45, 7) is -3.29. The molecule has 0 aliphatic carbocycles. The molecule has 0 aromatic carbocycles. The van der Waals surface area contributed by atoms with E-state index in [0.29, 0.717) is 4.90 Å². The Kier molecular flexibility index (Phi) is 4.05. The summed E-state index contributed by atoms with van der Waals surface area (Å²) < 4.78 is 59.9. The topological polar surface area (TPSA) is 29.3 Å². The lowest BCUT2D eigenvalue weighted by Gasteiger charge is -2.23. The molecule has 2 N–H and O–H groups in total. The van der Waals surface area contributed by atoms with E-state index in [1.54, 1.807) is 0 Å². The molecule has 0 aromatic heterocycles. The largest absolute Gasteiger partial charge is 0.401 e. The molecule has 2 nitrogen and oxygen atoms in total. The van der Waals surface area contributed by atoms with Gasteiger partial charge in [-0.25, -0.2) is 8.78 Å². The van der Waals surface area contributed by atoms with E-state index >= 15 is 0 Å². The van der Waals surface area contributed by atoms with Crippen molar-refractivity contribution in [2.24, 2.45) is 5.73 Å². The zero-order valence-electron chi connectivity index (χ0n) is 7.04. The van der Waals surface area contributed by atoms with Gasteiger partial charge in [0.25, 0.3) is 5.92 Å². The highest BCUT2D eigenvalue weighted by molar-refractivity contribution is 4.72. The molecule has 0 heterocycles. The predicted octanol–water partition coefficient (Wildman–Crippen LogP) is 1.07. The van der Waals surface area contributed by atoms with E-state index in [0.717, 1.165) is 7.05 Å². The van der Waals surface area contributed by atoms with Crippen molar-refractivity contribution in [2.45, 2.75) is 12.1 Å². The molecule has 0 atom stereocenters. The Hall–Kier alpha value is -0.430. The van der Waals surface area contributed by atoms with Gasteiger partial charge in [0, 0.05) is 0 Å². The monoisotopic (exact) mass is 206 g/mol. The molecular weight excluding hydrogens is 195 g/mol. The van der Waals surface area contributed by atoms with Crippen molar-refractivity contribution in [3.05, 3.63) is 0 Å². The zero-order valence-corrected chi connectivity index (χ0v) is 7.04. The summed E-state index contributed by atoms with van der Waals surface area (Å²) in [6, 6.07) is 0. The lowest BCUT2D eigenvalue weighted by molar-refractivity contribution is -0.150. The molecule has 0 aliphatic heterocycles. The Morgan fingerprint density at radius 3 is 1.85 bits per heavy atom. The van der Waals surface area contributed by atoms with Crippen molar-refractivity contribution < 1.29 is 22.0 Å². The highest BCUT2D eigenvalue weighted by Gasteiger charge is 2.34. The zero-order chi connectivity index (χ0) is 10.7. The number of rotatable bonds is 4. The van der Waals surface area contributed by atoms with Gasteiger partial charge in [-0.05, 0) is 7.05 Å². The van der Waals surface area contributed by atoms with Gasteiger partial charge in [0.1, 0.15) is 0 Å². The van der Waals surface area contributed by atoms with Crippen LogP contribution in [0.1, 0.15) is 0 Å². The summed E-state index contributed by atoms with van der Waals surface area (Å²) in [4.78, 5) is 0.493. The van der Waals surface area contributed by atoms with Crippen molar-refractivity contribution in [2.75, 3.05) is 26.7 Å². The molecule has 0 unspecified atom stereocenters. The third-order valence-electron chi connectivity index (χ3n) is 1.25. The maximum absolute atomic E-state index is 12.4. The van der Waals surface area contributed by atoms with Gasteiger partial charge >= 0.3 is 6.18 Å². The smallest absolute Gasteiger partial charge is 0.325 e. The minimum absolute atomic E-state index is 0.493. The van der Waals surface area contributed by atoms with Crippen LogP contribution in [-0.2, 0) is 0 Å². The average Bonchev–Trinajstić information content (AvgIpc) is 1.81. The van der Waals surface area contributed by atoms with Crippen LogP contribution >= 0.6 is 0 Å². The van der Waals surface area contributed by atoms with E-state index in [4.69, 9.17) is 0 Å². The fourth-order valence-electron chi connectivity index (χ4n) is 0.821. The van der Waals surface area contributed by atoms with Crippen LogP contribution in [0.5, 0.6) is 0 Å². The van der Waals surface area contributed by atoms with Crippen molar-refractivity contribution in [3.8, 4) is 0 Å². The van der Waals surface area contributed by atoms with Crippen LogP contribution in [0, 0.1) is 0 Å². The van der Waals surface area contributed by atoms with Crippen molar-refractivity contribution in [1.29, 1.82) is 0 Å². The van der Waals surface area contributed by atoms with Gasteiger partial charge < -0.3 is 5.73 Å². The molecular formula is C6H11F5N2. The Morgan fingerprint density at radius 2 is 1.54 bits per heavy atom. The number of hydrogen-bond donors (Lipinski definition) is 1. The fourth-order valence-corrected chi connectivity index (χ4v) is 0.821. The molecule has 0 fully saturated rings. The molecule has 0 radical (unpaired) electrons. The van der Waals surface area contributed by atoms with Gasteiger partial charge in [0.15, 0.2) is 0 Å². The molecule has 0 bridgehead atoms. The summed E-state index contributed by atoms with van der Waals surface area (Å²) >= 11 is 0. The van der Waals surface area contributed by atoms with Crippen molar-refractivity contribution in [3.63, 3.8) is 0 Å². The molecule has 7 heteroatoms. The normalized spacial score (nSPS) is 13.8. The van der Waals surface area contributed by atoms with E-state index in [9.17, 15) is 22.0 Å². The van der Waals surface area contributed by atoms with E-state index in [2.05, 4.69) is 5.73 Å². The van der Waals surface area contributed by atoms with Crippen LogP contribution in [0.2, 0.25) is 0 Å². The second kappa shape index (κ2) is 4.19. The van der Waals surface area contributed by atoms with Crippen molar-refractivity contribution in [1.82, 2.24) is 4.90 Å². The Balaban J connectivity index is 3.94. The first kappa shape index (κ1) is 12.6. The van der Waals surface area contributed by atoms with Gasteiger partial charge in [0.2, 0.25) is 0 Å². The molecule has 0 spiro atoms. The average molecular weight is 206 g/mol. The molecule has 0 rings (SSSR count). The fraction of sp³-hybridized carbons (Fsp3) is 1.00. The third kappa shape index (κ3) is 6.71. The van der Waals surface area contributed by atoms with Gasteiger partial charge in [-0.3, -0.25) is 4.90 Å². The quantitative estimate of drug-likeness (QED) is 0.697. The van der Waals surface area contributed by atoms with Crippen LogP contribution in [0.15, 0.2) is 0 Å². The Bertz CT molecular complexity index is 156. The minimum atomic E-state index is -4.46. The maximum Gasteiger partial charge on any atom is 0.401 e. The van der Waals surface area contributed by atoms with Gasteiger partial charge in [-0.2, -0.15) is 13.2 Å². The molecule has 0 aliphatic rings. The summed E-state index contributed by atoms with van der Waals surface area (Å²) in [5, 5.41) is 0. The molecule has 0 aromatic rings. The first-order valence-corrected chi connectivity index (χ1v) is 3.49. The third-order valence-corrected chi connectivity index (χ3v) is 1.25. The highest BCUT2D eigenvalue weighted by Crippen LogP contribution is 2.18. The SMILES string of the molecule is CN(CC(F)(F)F)CC(F)(F)CN. The first-order chi connectivity index (χ1) is 5.66. The van der Waals surface area contributed by atoms with Crippen LogP contribution < -0.4 is 5.73 Å². The Labute approximate surface area is 72.5 Å². The lowest BCUT2D eigenvalue weighted by Crippen LogP contribution is -2.43. The van der Waals surface area contributed by atoms with Gasteiger partial charge in [-0.15, -0.1) is 0 Å². The van der Waals surface area contributed by atoms with Crippen LogP contribution in [0.25, 0.3) is 0 Å². The summed E-state index contributed by atoms with van der Waals surface area (Å²) in [5.74, 6) is -3.26. The number of nitrogens with zero attached hydrogens (tertiary/aromatic N) is 1. The lowest BCUT2D eigenvalue weighted by atomic mass is 10.3. The molecule has 13 heavy (non-hydrogen) atoms. The van der Waals surface area contributed by atoms with E-state index in [-0.39, 0.29) is 0 Å².